The van der Waals surface area contributed by atoms with Gasteiger partial charge in [0.15, 0.2) is 0 Å². The van der Waals surface area contributed by atoms with Crippen molar-refractivity contribution in [2.24, 2.45) is 0 Å². The van der Waals surface area contributed by atoms with E-state index in [-0.39, 0.29) is 26.5 Å². The molecule has 4 heterocycles. The predicted molar refractivity (Wildman–Crippen MR) is 169 cm³/mol. The fourth-order valence-electron chi connectivity index (χ4n) is 5.61. The summed E-state index contributed by atoms with van der Waals surface area (Å²) in [5.41, 5.74) is 5.03. The molecule has 0 spiro atoms. The molecule has 0 fully saturated rings. The van der Waals surface area contributed by atoms with E-state index in [1.54, 1.807) is 0 Å². The van der Waals surface area contributed by atoms with Gasteiger partial charge >= 0.3 is 21.1 Å². The van der Waals surface area contributed by atoms with Crippen LogP contribution in [0.15, 0.2) is 97.5 Å². The number of thiophene rings is 1. The maximum Gasteiger partial charge on any atom is 2.00 e. The normalized spacial score (nSPS) is 12.0. The summed E-state index contributed by atoms with van der Waals surface area (Å²) in [6, 6.07) is 34.3. The van der Waals surface area contributed by atoms with Gasteiger partial charge in [0.25, 0.3) is 0 Å². The third-order valence-corrected chi connectivity index (χ3v) is 8.85. The molecule has 0 aliphatic rings. The van der Waals surface area contributed by atoms with Crippen molar-refractivity contribution >= 4 is 58.8 Å². The van der Waals surface area contributed by atoms with Gasteiger partial charge in [0.05, 0.1) is 5.65 Å². The first-order valence-corrected chi connectivity index (χ1v) is 14.5. The molecule has 0 unspecified atom stereocenters. The second kappa shape index (κ2) is 10.0. The minimum atomic E-state index is 0. The Morgan fingerprint density at radius 2 is 1.60 bits per heavy atom. The topological polar surface area (TPSA) is 39.4 Å². The van der Waals surface area contributed by atoms with E-state index in [9.17, 15) is 0 Å². The summed E-state index contributed by atoms with van der Waals surface area (Å²) < 4.78 is 11.0. The van der Waals surface area contributed by atoms with E-state index < -0.39 is 0 Å². The van der Waals surface area contributed by atoms with Crippen molar-refractivity contribution in [1.29, 1.82) is 0 Å². The molecule has 0 N–H and O–H groups in total. The zero-order chi connectivity index (χ0) is 27.7. The third kappa shape index (κ3) is 4.40. The average Bonchev–Trinajstić information content (AvgIpc) is 3.61. The van der Waals surface area contributed by atoms with Gasteiger partial charge in [0.1, 0.15) is 0 Å². The minimum Gasteiger partial charge on any atom is -0.497 e. The van der Waals surface area contributed by atoms with Crippen LogP contribution in [0.5, 0.6) is 11.5 Å². The van der Waals surface area contributed by atoms with Gasteiger partial charge in [-0.3, -0.25) is 4.98 Å². The molecule has 0 bridgehead atoms. The van der Waals surface area contributed by atoms with Crippen molar-refractivity contribution in [2.75, 3.05) is 0 Å². The fraction of sp³-hybridized carbons (Fsp3) is 0.111. The number of pyridine rings is 2. The summed E-state index contributed by atoms with van der Waals surface area (Å²) in [5, 5.41) is 5.76. The minimum absolute atomic E-state index is 0. The molecular weight excluding hydrogens is 718 g/mol. The summed E-state index contributed by atoms with van der Waals surface area (Å²) in [7, 11) is 0. The van der Waals surface area contributed by atoms with Gasteiger partial charge < -0.3 is 14.1 Å². The smallest absolute Gasteiger partial charge is 0.497 e. The van der Waals surface area contributed by atoms with Gasteiger partial charge in [-0.25, -0.2) is 0 Å². The molecular formula is C36H25N3OPtS. The van der Waals surface area contributed by atoms with Crippen molar-refractivity contribution in [3.63, 3.8) is 0 Å². The molecule has 0 aliphatic carbocycles. The number of hydrogen-bond acceptors (Lipinski definition) is 4. The number of aromatic nitrogens is 3. The molecule has 0 atom stereocenters. The zero-order valence-electron chi connectivity index (χ0n) is 23.2. The summed E-state index contributed by atoms with van der Waals surface area (Å²) in [6.07, 6.45) is 5.73. The molecule has 8 aromatic rings. The first-order valence-electron chi connectivity index (χ1n) is 13.7. The van der Waals surface area contributed by atoms with Gasteiger partial charge in [-0.2, -0.15) is 0 Å². The molecule has 4 aromatic carbocycles. The number of fused-ring (bicyclic) bond motifs is 9. The Morgan fingerprint density at radius 3 is 2.48 bits per heavy atom. The molecule has 0 saturated heterocycles. The van der Waals surface area contributed by atoms with Crippen molar-refractivity contribution in [2.45, 2.75) is 26.2 Å². The summed E-state index contributed by atoms with van der Waals surface area (Å²) in [5.74, 6) is 1.24. The van der Waals surface area contributed by atoms with Gasteiger partial charge in [0, 0.05) is 55.8 Å². The SMILES string of the molecule is CC(C)(C)c1ccnc(-c2[c-]c(Oc3[c-]c4c(cc3)c3cc5sc6ccccc6c5cc3n3ccnc43)ccc2)c1.[Pt+2]. The number of benzene rings is 4. The van der Waals surface area contributed by atoms with Crippen LogP contribution >= 0.6 is 11.3 Å². The molecule has 0 saturated carbocycles. The van der Waals surface area contributed by atoms with Crippen molar-refractivity contribution < 1.29 is 25.8 Å². The zero-order valence-corrected chi connectivity index (χ0v) is 26.3. The van der Waals surface area contributed by atoms with Crippen molar-refractivity contribution in [3.8, 4) is 22.8 Å². The van der Waals surface area contributed by atoms with Crippen LogP contribution in [0, 0.1) is 12.1 Å². The first-order chi connectivity index (χ1) is 19.9. The van der Waals surface area contributed by atoms with Gasteiger partial charge in [-0.1, -0.05) is 74.0 Å². The number of nitrogens with zero attached hydrogens (tertiary/aromatic N) is 3. The first kappa shape index (κ1) is 26.8. The van der Waals surface area contributed by atoms with E-state index in [1.807, 2.05) is 54.2 Å². The Balaban J connectivity index is 0.00000288. The maximum absolute atomic E-state index is 6.32. The largest absolute Gasteiger partial charge is 2.00 e. The van der Waals surface area contributed by atoms with E-state index in [0.717, 1.165) is 33.2 Å². The van der Waals surface area contributed by atoms with E-state index >= 15 is 0 Å². The molecule has 42 heavy (non-hydrogen) atoms. The van der Waals surface area contributed by atoms with Crippen molar-refractivity contribution in [1.82, 2.24) is 14.4 Å². The van der Waals surface area contributed by atoms with Crippen molar-refractivity contribution in [3.05, 3.63) is 115 Å². The monoisotopic (exact) mass is 742 g/mol. The Morgan fingerprint density at radius 1 is 0.738 bits per heavy atom. The van der Waals surface area contributed by atoms with Crippen LogP contribution in [0.1, 0.15) is 26.3 Å². The second-order valence-corrected chi connectivity index (χ2v) is 12.5. The number of ether oxygens (including phenoxy) is 1. The second-order valence-electron chi connectivity index (χ2n) is 11.4. The standard InChI is InChI=1S/C36H25N3OS.Pt/c1-36(2,3)23-13-14-37-31(18-23)22-7-6-8-24(17-22)40-25-11-12-26-28-21-34-29(27-9-4-5-10-33(27)41-34)20-32(28)39-16-15-38-35(39)30(26)19-25;/h4-16,18,20-21H,1-3H3;/q-2;+2. The van der Waals surface area contributed by atoms with E-state index in [4.69, 9.17) is 9.72 Å². The van der Waals surface area contributed by atoms with Crippen LogP contribution in [0.2, 0.25) is 0 Å². The van der Waals surface area contributed by atoms with Crippen LogP contribution in [-0.2, 0) is 26.5 Å². The molecule has 8 rings (SSSR count). The molecule has 4 aromatic heterocycles. The molecule has 6 heteroatoms. The summed E-state index contributed by atoms with van der Waals surface area (Å²) in [4.78, 5) is 9.32. The number of rotatable bonds is 3. The number of hydrogen-bond donors (Lipinski definition) is 0. The van der Waals surface area contributed by atoms with Crippen LogP contribution in [0.25, 0.3) is 58.8 Å². The van der Waals surface area contributed by atoms with Crippen LogP contribution in [-0.4, -0.2) is 14.4 Å². The van der Waals surface area contributed by atoms with Gasteiger partial charge in [-0.15, -0.1) is 41.2 Å². The Labute approximate surface area is 261 Å². The van der Waals surface area contributed by atoms with E-state index in [1.165, 1.54) is 31.1 Å². The summed E-state index contributed by atoms with van der Waals surface area (Å²) >= 11 is 1.83. The van der Waals surface area contributed by atoms with E-state index in [2.05, 4.69) is 96.9 Å². The molecule has 0 amide bonds. The fourth-order valence-corrected chi connectivity index (χ4v) is 6.74. The average molecular weight is 743 g/mol. The molecule has 206 valence electrons. The Hall–Kier alpha value is -4.05. The van der Waals surface area contributed by atoms with Crippen LogP contribution < -0.4 is 4.74 Å². The Bertz CT molecular complexity index is 2290. The number of imidazole rings is 1. The van der Waals surface area contributed by atoms with E-state index in [0.29, 0.717) is 11.5 Å². The third-order valence-electron chi connectivity index (χ3n) is 7.72. The van der Waals surface area contributed by atoms with Gasteiger partial charge in [0.2, 0.25) is 0 Å². The van der Waals surface area contributed by atoms with Gasteiger partial charge in [-0.05, 0) is 46.3 Å². The quantitative estimate of drug-likeness (QED) is 0.134. The molecule has 4 nitrogen and oxygen atoms in total. The molecule has 0 radical (unpaired) electrons. The summed E-state index contributed by atoms with van der Waals surface area (Å²) in [6.45, 7) is 6.61. The van der Waals surface area contributed by atoms with Crippen LogP contribution in [0.4, 0.5) is 0 Å². The van der Waals surface area contributed by atoms with Crippen LogP contribution in [0.3, 0.4) is 0 Å². The maximum atomic E-state index is 6.32. The predicted octanol–water partition coefficient (Wildman–Crippen LogP) is 9.76. The Kier molecular flexibility index (Phi) is 6.41. The molecule has 0 aliphatic heterocycles.